The molecule has 38 heavy (non-hydrogen) atoms. The molecule has 0 fully saturated rings. The van der Waals surface area contributed by atoms with Crippen molar-refractivity contribution in [2.24, 2.45) is 5.92 Å². The average molecular weight is 512 g/mol. The molecule has 0 spiro atoms. The van der Waals surface area contributed by atoms with Crippen molar-refractivity contribution in [1.82, 2.24) is 14.8 Å². The van der Waals surface area contributed by atoms with Crippen LogP contribution in [-0.4, -0.2) is 53.0 Å². The van der Waals surface area contributed by atoms with E-state index in [0.717, 1.165) is 11.1 Å². The minimum Gasteiger partial charge on any atom is -0.454 e. The lowest BCUT2D eigenvalue weighted by molar-refractivity contribution is -0.132. The van der Waals surface area contributed by atoms with Crippen molar-refractivity contribution in [2.45, 2.75) is 26.8 Å². The molecule has 0 aliphatic carbocycles. The zero-order valence-electron chi connectivity index (χ0n) is 21.9. The van der Waals surface area contributed by atoms with E-state index >= 15 is 0 Å². The lowest BCUT2D eigenvalue weighted by atomic mass is 10.1. The predicted octanol–water partition coefficient (Wildman–Crippen LogP) is 5.27. The number of rotatable bonds is 10. The molecule has 1 aliphatic heterocycles. The van der Waals surface area contributed by atoms with E-state index in [1.165, 1.54) is 10.9 Å². The number of ether oxygens (including phenoxy) is 2. The number of carbonyl (C=O) groups is 2. The Kier molecular flexibility index (Phi) is 7.63. The van der Waals surface area contributed by atoms with Crippen LogP contribution in [0.1, 0.15) is 35.3 Å². The second kappa shape index (κ2) is 11.4. The second-order valence-electron chi connectivity index (χ2n) is 10.1. The van der Waals surface area contributed by atoms with Crippen molar-refractivity contribution in [1.29, 1.82) is 0 Å². The molecule has 1 aliphatic rings. The molecule has 0 atom stereocenters. The van der Waals surface area contributed by atoms with Gasteiger partial charge in [-0.05, 0) is 47.7 Å². The Morgan fingerprint density at radius 3 is 2.50 bits per heavy atom. The number of aromatic amines is 1. The fourth-order valence-corrected chi connectivity index (χ4v) is 4.83. The van der Waals surface area contributed by atoms with Crippen molar-refractivity contribution in [3.05, 3.63) is 95.7 Å². The van der Waals surface area contributed by atoms with Crippen LogP contribution in [0.5, 0.6) is 11.5 Å². The zero-order chi connectivity index (χ0) is 26.5. The van der Waals surface area contributed by atoms with E-state index in [2.05, 4.69) is 17.1 Å². The topological polar surface area (TPSA) is 74.9 Å². The molecule has 2 heterocycles. The number of fused-ring (bicyclic) bond motifs is 2. The molecule has 1 aromatic heterocycles. The predicted molar refractivity (Wildman–Crippen MR) is 147 cm³/mol. The van der Waals surface area contributed by atoms with Crippen molar-refractivity contribution in [2.75, 3.05) is 26.4 Å². The van der Waals surface area contributed by atoms with Crippen LogP contribution >= 0.6 is 0 Å². The highest BCUT2D eigenvalue weighted by molar-refractivity contribution is 5.97. The average Bonchev–Trinajstić information content (AvgIpc) is 3.57. The summed E-state index contributed by atoms with van der Waals surface area (Å²) in [5.74, 6) is 1.11. The van der Waals surface area contributed by atoms with E-state index in [-0.39, 0.29) is 31.1 Å². The molecule has 7 heteroatoms. The van der Waals surface area contributed by atoms with Gasteiger partial charge in [-0.3, -0.25) is 9.59 Å². The van der Waals surface area contributed by atoms with Gasteiger partial charge >= 0.3 is 0 Å². The number of hydrogen-bond acceptors (Lipinski definition) is 4. The lowest BCUT2D eigenvalue weighted by Gasteiger charge is -2.29. The first-order valence-electron chi connectivity index (χ1n) is 13.0. The summed E-state index contributed by atoms with van der Waals surface area (Å²) in [5.41, 5.74) is 3.79. The number of nitrogens with one attached hydrogen (secondary N) is 1. The van der Waals surface area contributed by atoms with Crippen LogP contribution < -0.4 is 9.47 Å². The van der Waals surface area contributed by atoms with E-state index < -0.39 is 0 Å². The largest absolute Gasteiger partial charge is 0.454 e. The van der Waals surface area contributed by atoms with Crippen LogP contribution in [0.3, 0.4) is 0 Å². The minimum absolute atomic E-state index is 0.00612. The molecule has 5 rings (SSSR count). The van der Waals surface area contributed by atoms with Gasteiger partial charge in [0.2, 0.25) is 12.7 Å². The highest BCUT2D eigenvalue weighted by Crippen LogP contribution is 2.33. The molecular weight excluding hydrogens is 478 g/mol. The molecule has 0 unspecified atom stereocenters. The molecule has 0 radical (unpaired) electrons. The van der Waals surface area contributed by atoms with Crippen molar-refractivity contribution < 1.29 is 19.1 Å². The minimum atomic E-state index is -0.193. The van der Waals surface area contributed by atoms with E-state index in [0.29, 0.717) is 43.1 Å². The Labute approximate surface area is 223 Å². The van der Waals surface area contributed by atoms with Crippen LogP contribution in [0.25, 0.3) is 10.9 Å². The third-order valence-corrected chi connectivity index (χ3v) is 6.71. The number of nitrogens with zero attached hydrogens (tertiary/aromatic N) is 2. The van der Waals surface area contributed by atoms with Crippen LogP contribution in [0.4, 0.5) is 0 Å². The Bertz CT molecular complexity index is 1410. The van der Waals surface area contributed by atoms with Gasteiger partial charge in [0, 0.05) is 42.3 Å². The lowest BCUT2D eigenvalue weighted by Crippen LogP contribution is -2.44. The van der Waals surface area contributed by atoms with Gasteiger partial charge in [0.15, 0.2) is 11.5 Å². The molecule has 0 saturated heterocycles. The zero-order valence-corrected chi connectivity index (χ0v) is 21.9. The summed E-state index contributed by atoms with van der Waals surface area (Å²) in [7, 11) is 0. The summed E-state index contributed by atoms with van der Waals surface area (Å²) in [4.78, 5) is 34.1. The van der Waals surface area contributed by atoms with E-state index in [9.17, 15) is 9.59 Å². The molecule has 0 bridgehead atoms. The first kappa shape index (κ1) is 25.4. The third kappa shape index (κ3) is 5.83. The highest BCUT2D eigenvalue weighted by Gasteiger charge is 2.25. The van der Waals surface area contributed by atoms with E-state index in [1.807, 2.05) is 67.4 Å². The Morgan fingerprint density at radius 2 is 1.68 bits per heavy atom. The van der Waals surface area contributed by atoms with Gasteiger partial charge < -0.3 is 24.3 Å². The first-order valence-corrected chi connectivity index (χ1v) is 13.0. The monoisotopic (exact) mass is 511 g/mol. The van der Waals surface area contributed by atoms with Gasteiger partial charge in [-0.25, -0.2) is 0 Å². The molecule has 0 saturated carbocycles. The molecule has 3 aromatic carbocycles. The van der Waals surface area contributed by atoms with Gasteiger partial charge in [0.25, 0.3) is 5.91 Å². The van der Waals surface area contributed by atoms with Crippen molar-refractivity contribution >= 4 is 22.7 Å². The van der Waals surface area contributed by atoms with Crippen LogP contribution in [0.15, 0.2) is 79.0 Å². The Balaban J connectivity index is 1.35. The smallest absolute Gasteiger partial charge is 0.254 e. The number of H-pyrrole nitrogens is 1. The number of hydrogen-bond donors (Lipinski definition) is 1. The fraction of sp³-hybridized carbons (Fsp3) is 0.290. The van der Waals surface area contributed by atoms with E-state index in [1.54, 1.807) is 23.1 Å². The number of para-hydroxylation sites is 1. The summed E-state index contributed by atoms with van der Waals surface area (Å²) in [5, 5.41) is 1.17. The number of aromatic nitrogens is 1. The standard InChI is InChI=1S/C31H33N3O4/c1-22(2)18-34(31(36)24-12-13-28-29(16-24)38-21-37-28)20-30(35)33(19-23-8-4-3-5-9-23)15-14-25-17-32-27-11-7-6-10-26(25)27/h3-13,16-17,22,32H,14-15,18-21H2,1-2H3. The molecule has 196 valence electrons. The van der Waals surface area contributed by atoms with Crippen LogP contribution in [0.2, 0.25) is 0 Å². The molecule has 2 amide bonds. The molecule has 1 N–H and O–H groups in total. The quantitative estimate of drug-likeness (QED) is 0.315. The first-order chi connectivity index (χ1) is 18.5. The van der Waals surface area contributed by atoms with Crippen molar-refractivity contribution in [3.63, 3.8) is 0 Å². The molecule has 4 aromatic rings. The van der Waals surface area contributed by atoms with Crippen molar-refractivity contribution in [3.8, 4) is 11.5 Å². The van der Waals surface area contributed by atoms with Crippen LogP contribution in [-0.2, 0) is 17.8 Å². The Hall–Kier alpha value is -4.26. The summed E-state index contributed by atoms with van der Waals surface area (Å²) in [6.07, 6.45) is 2.73. The van der Waals surface area contributed by atoms with Gasteiger partial charge in [-0.1, -0.05) is 62.4 Å². The maximum atomic E-state index is 13.8. The summed E-state index contributed by atoms with van der Waals surface area (Å²) in [6.45, 7) is 5.74. The van der Waals surface area contributed by atoms with Gasteiger partial charge in [-0.15, -0.1) is 0 Å². The number of amides is 2. The number of carbonyl (C=O) groups excluding carboxylic acids is 2. The number of benzene rings is 3. The summed E-state index contributed by atoms with van der Waals surface area (Å²) < 4.78 is 10.8. The van der Waals surface area contributed by atoms with Gasteiger partial charge in [-0.2, -0.15) is 0 Å². The maximum Gasteiger partial charge on any atom is 0.254 e. The maximum absolute atomic E-state index is 13.8. The Morgan fingerprint density at radius 1 is 0.921 bits per heavy atom. The highest BCUT2D eigenvalue weighted by atomic mass is 16.7. The van der Waals surface area contributed by atoms with E-state index in [4.69, 9.17) is 9.47 Å². The summed E-state index contributed by atoms with van der Waals surface area (Å²) >= 11 is 0. The molecule has 7 nitrogen and oxygen atoms in total. The SMILES string of the molecule is CC(C)CN(CC(=O)N(CCc1c[nH]c2ccccc12)Cc1ccccc1)C(=O)c1ccc2c(c1)OCO2. The molecular formula is C31H33N3O4. The third-order valence-electron chi connectivity index (χ3n) is 6.71. The summed E-state index contributed by atoms with van der Waals surface area (Å²) in [6, 6.07) is 23.3. The second-order valence-corrected chi connectivity index (χ2v) is 10.1. The normalized spacial score (nSPS) is 12.2. The van der Waals surface area contributed by atoms with Crippen LogP contribution in [0, 0.1) is 5.92 Å². The van der Waals surface area contributed by atoms with Gasteiger partial charge in [0.05, 0.1) is 0 Å². The van der Waals surface area contributed by atoms with Gasteiger partial charge in [0.1, 0.15) is 6.54 Å². The fourth-order valence-electron chi connectivity index (χ4n) is 4.83.